The Labute approximate surface area is 146 Å². The molecule has 2 aromatic rings. The lowest BCUT2D eigenvalue weighted by Gasteiger charge is -2.29. The zero-order valence-corrected chi connectivity index (χ0v) is 14.9. The molecule has 0 unspecified atom stereocenters. The Hall–Kier alpha value is -1.68. The van der Waals surface area contributed by atoms with E-state index >= 15 is 0 Å². The van der Waals surface area contributed by atoms with Gasteiger partial charge in [-0.05, 0) is 12.1 Å². The maximum Gasteiger partial charge on any atom is 0.245 e. The predicted octanol–water partition coefficient (Wildman–Crippen LogP) is 0.0370. The quantitative estimate of drug-likeness (QED) is 0.788. The molecule has 1 amide bonds. The van der Waals surface area contributed by atoms with Crippen molar-refractivity contribution in [1.29, 1.82) is 0 Å². The molecular formula is C14H20ClN5O3S. The van der Waals surface area contributed by atoms with Gasteiger partial charge in [0.25, 0.3) is 0 Å². The molecule has 3 rings (SSSR count). The summed E-state index contributed by atoms with van der Waals surface area (Å²) in [5, 5.41) is 3.68. The summed E-state index contributed by atoms with van der Waals surface area (Å²) in [6.07, 6.45) is 3.01. The molecule has 2 aromatic heterocycles. The molecule has 1 fully saturated rings. The lowest BCUT2D eigenvalue weighted by molar-refractivity contribution is -0.131. The Balaban J connectivity index is 0.00000208. The molecule has 2 N–H and O–H groups in total. The number of pyridine rings is 1. The van der Waals surface area contributed by atoms with Gasteiger partial charge in [-0.15, -0.1) is 12.4 Å². The number of rotatable bonds is 4. The van der Waals surface area contributed by atoms with Crippen molar-refractivity contribution >= 4 is 39.4 Å². The van der Waals surface area contributed by atoms with E-state index in [-0.39, 0.29) is 29.8 Å². The van der Waals surface area contributed by atoms with Crippen LogP contribution < -0.4 is 5.32 Å². The number of fused-ring (bicyclic) bond motifs is 1. The number of piperazine rings is 1. The zero-order valence-electron chi connectivity index (χ0n) is 13.2. The van der Waals surface area contributed by atoms with Crippen molar-refractivity contribution in [2.75, 3.05) is 39.8 Å². The van der Waals surface area contributed by atoms with Crippen molar-refractivity contribution < 1.29 is 13.2 Å². The molecule has 3 heterocycles. The van der Waals surface area contributed by atoms with Crippen molar-refractivity contribution in [3.05, 3.63) is 24.5 Å². The third-order valence-electron chi connectivity index (χ3n) is 3.93. The van der Waals surface area contributed by atoms with Gasteiger partial charge in [0.15, 0.2) is 0 Å². The number of aromatic nitrogens is 2. The summed E-state index contributed by atoms with van der Waals surface area (Å²) in [6, 6.07) is 3.37. The van der Waals surface area contributed by atoms with E-state index in [9.17, 15) is 13.2 Å². The summed E-state index contributed by atoms with van der Waals surface area (Å²) in [5.74, 6) is -0.185. The summed E-state index contributed by atoms with van der Waals surface area (Å²) >= 11 is 0. The summed E-state index contributed by atoms with van der Waals surface area (Å²) < 4.78 is 26.5. The standard InChI is InChI=1S/C14H19N5O3S.ClH/c1-18(10-13(20)19-7-5-15-6-8-19)23(21,22)12-9-17-14-11(12)3-2-4-16-14;/h2-4,9,15H,5-8,10H2,1H3,(H,16,17);1H. The van der Waals surface area contributed by atoms with Crippen LogP contribution in [-0.2, 0) is 14.8 Å². The van der Waals surface area contributed by atoms with Crippen LogP contribution in [0.25, 0.3) is 11.0 Å². The largest absolute Gasteiger partial charge is 0.345 e. The van der Waals surface area contributed by atoms with Crippen molar-refractivity contribution in [2.45, 2.75) is 4.90 Å². The maximum atomic E-state index is 12.7. The molecule has 24 heavy (non-hydrogen) atoms. The van der Waals surface area contributed by atoms with Gasteiger partial charge in [-0.2, -0.15) is 4.31 Å². The highest BCUT2D eigenvalue weighted by Gasteiger charge is 2.28. The number of nitrogens with one attached hydrogen (secondary N) is 2. The molecule has 0 spiro atoms. The second-order valence-electron chi connectivity index (χ2n) is 5.44. The van der Waals surface area contributed by atoms with E-state index in [1.165, 1.54) is 13.2 Å². The number of halogens is 1. The maximum absolute atomic E-state index is 12.7. The van der Waals surface area contributed by atoms with E-state index in [4.69, 9.17) is 0 Å². The predicted molar refractivity (Wildman–Crippen MR) is 92.6 cm³/mol. The SMILES string of the molecule is CN(CC(=O)N1CCNCC1)S(=O)(=O)c1c[nH]c2ncccc12.Cl. The summed E-state index contributed by atoms with van der Waals surface area (Å²) in [6.45, 7) is 2.50. The molecule has 0 radical (unpaired) electrons. The molecular weight excluding hydrogens is 354 g/mol. The second-order valence-corrected chi connectivity index (χ2v) is 7.46. The highest BCUT2D eigenvalue weighted by atomic mass is 35.5. The molecule has 8 nitrogen and oxygen atoms in total. The van der Waals surface area contributed by atoms with Crippen LogP contribution in [0.2, 0.25) is 0 Å². The van der Waals surface area contributed by atoms with Crippen LogP contribution >= 0.6 is 12.4 Å². The summed E-state index contributed by atoms with van der Waals surface area (Å²) in [5.41, 5.74) is 0.507. The Kier molecular flexibility index (Phi) is 5.81. The molecule has 1 aliphatic rings. The summed E-state index contributed by atoms with van der Waals surface area (Å²) in [4.78, 5) is 21.0. The fourth-order valence-electron chi connectivity index (χ4n) is 2.60. The molecule has 0 aromatic carbocycles. The number of carbonyl (C=O) groups excluding carboxylic acids is 1. The molecule has 132 valence electrons. The third kappa shape index (κ3) is 3.54. The number of hydrogen-bond donors (Lipinski definition) is 2. The van der Waals surface area contributed by atoms with Gasteiger partial charge < -0.3 is 15.2 Å². The first-order chi connectivity index (χ1) is 11.0. The fourth-order valence-corrected chi connectivity index (χ4v) is 3.87. The number of aromatic amines is 1. The first kappa shape index (κ1) is 18.7. The van der Waals surface area contributed by atoms with Gasteiger partial charge in [-0.1, -0.05) is 0 Å². The second kappa shape index (κ2) is 7.47. The minimum Gasteiger partial charge on any atom is -0.345 e. The lowest BCUT2D eigenvalue weighted by atomic mass is 10.3. The first-order valence-electron chi connectivity index (χ1n) is 7.37. The van der Waals surface area contributed by atoms with E-state index in [1.807, 2.05) is 0 Å². The van der Waals surface area contributed by atoms with Crippen LogP contribution in [0.1, 0.15) is 0 Å². The number of likely N-dealkylation sites (N-methyl/N-ethyl adjacent to an activating group) is 1. The van der Waals surface area contributed by atoms with Crippen LogP contribution in [-0.4, -0.2) is 73.3 Å². The smallest absolute Gasteiger partial charge is 0.245 e. The van der Waals surface area contributed by atoms with E-state index < -0.39 is 10.0 Å². The molecule has 10 heteroatoms. The minimum absolute atomic E-state index is 0. The van der Waals surface area contributed by atoms with Crippen LogP contribution in [0.4, 0.5) is 0 Å². The van der Waals surface area contributed by atoms with Gasteiger partial charge in [0.05, 0.1) is 6.54 Å². The van der Waals surface area contributed by atoms with Crippen LogP contribution in [0.5, 0.6) is 0 Å². The van der Waals surface area contributed by atoms with Gasteiger partial charge in [-0.3, -0.25) is 4.79 Å². The first-order valence-corrected chi connectivity index (χ1v) is 8.81. The van der Waals surface area contributed by atoms with Crippen LogP contribution in [0.15, 0.2) is 29.4 Å². The van der Waals surface area contributed by atoms with Crippen molar-refractivity contribution in [3.8, 4) is 0 Å². The number of H-pyrrole nitrogens is 1. The van der Waals surface area contributed by atoms with Gasteiger partial charge in [0.1, 0.15) is 10.5 Å². The average Bonchev–Trinajstić information content (AvgIpc) is 3.00. The zero-order chi connectivity index (χ0) is 16.4. The van der Waals surface area contributed by atoms with Crippen molar-refractivity contribution in [3.63, 3.8) is 0 Å². The van der Waals surface area contributed by atoms with Gasteiger partial charge in [0.2, 0.25) is 15.9 Å². The highest BCUT2D eigenvalue weighted by molar-refractivity contribution is 7.89. The molecule has 0 bridgehead atoms. The number of amides is 1. The molecule has 1 aliphatic heterocycles. The van der Waals surface area contributed by atoms with Crippen molar-refractivity contribution in [2.24, 2.45) is 0 Å². The average molecular weight is 374 g/mol. The van der Waals surface area contributed by atoms with E-state index in [2.05, 4.69) is 15.3 Å². The van der Waals surface area contributed by atoms with Gasteiger partial charge in [0, 0.05) is 51.0 Å². The van der Waals surface area contributed by atoms with E-state index in [0.717, 1.165) is 17.4 Å². The third-order valence-corrected chi connectivity index (χ3v) is 5.77. The minimum atomic E-state index is -3.76. The number of sulfonamides is 1. The number of carbonyl (C=O) groups is 1. The molecule has 0 saturated carbocycles. The number of hydrogen-bond acceptors (Lipinski definition) is 5. The lowest BCUT2D eigenvalue weighted by Crippen LogP contribution is -2.49. The Morgan fingerprint density at radius 2 is 2.08 bits per heavy atom. The van der Waals surface area contributed by atoms with Crippen LogP contribution in [0.3, 0.4) is 0 Å². The van der Waals surface area contributed by atoms with Gasteiger partial charge in [-0.25, -0.2) is 13.4 Å². The summed E-state index contributed by atoms with van der Waals surface area (Å²) in [7, 11) is -2.34. The topological polar surface area (TPSA) is 98.4 Å². The number of nitrogens with zero attached hydrogens (tertiary/aromatic N) is 3. The molecule has 0 aliphatic carbocycles. The Bertz CT molecular complexity index is 817. The molecule has 1 saturated heterocycles. The van der Waals surface area contributed by atoms with E-state index in [0.29, 0.717) is 24.1 Å². The van der Waals surface area contributed by atoms with E-state index in [1.54, 1.807) is 23.2 Å². The normalized spacial score (nSPS) is 15.5. The fraction of sp³-hybridized carbons (Fsp3) is 0.429. The van der Waals surface area contributed by atoms with Gasteiger partial charge >= 0.3 is 0 Å². The Morgan fingerprint density at radius 3 is 2.79 bits per heavy atom. The highest BCUT2D eigenvalue weighted by Crippen LogP contribution is 2.23. The monoisotopic (exact) mass is 373 g/mol. The Morgan fingerprint density at radius 1 is 1.38 bits per heavy atom. The molecule has 0 atom stereocenters. The van der Waals surface area contributed by atoms with Crippen LogP contribution in [0, 0.1) is 0 Å². The van der Waals surface area contributed by atoms with Crippen molar-refractivity contribution in [1.82, 2.24) is 24.5 Å².